The number of pyridine rings is 1. The molecule has 2 aromatic carbocycles. The Labute approximate surface area is 214 Å². The Balaban J connectivity index is 0.000000241. The number of benzene rings is 2. The Bertz CT molecular complexity index is 1090. The SMILES string of the molecule is N#CN1CC2CCC1C2.O=[C-]c1ccc(-c2cnccc2Sc2ccc(F)cc2)cc1.[Na+]. The maximum absolute atomic E-state index is 13.0. The summed E-state index contributed by atoms with van der Waals surface area (Å²) in [4.78, 5) is 18.7. The molecule has 2 unspecified atom stereocenters. The third-order valence-electron chi connectivity index (χ3n) is 5.67. The first-order chi connectivity index (χ1) is 15.2. The van der Waals surface area contributed by atoms with E-state index in [1.807, 2.05) is 29.4 Å². The van der Waals surface area contributed by atoms with Crippen molar-refractivity contribution in [2.75, 3.05) is 6.54 Å². The van der Waals surface area contributed by atoms with Gasteiger partial charge in [-0.05, 0) is 61.1 Å². The quantitative estimate of drug-likeness (QED) is 0.345. The summed E-state index contributed by atoms with van der Waals surface area (Å²) < 4.78 is 13.0. The van der Waals surface area contributed by atoms with Gasteiger partial charge in [-0.1, -0.05) is 11.8 Å². The smallest absolute Gasteiger partial charge is 0.376 e. The number of nitriles is 1. The van der Waals surface area contributed by atoms with Crippen LogP contribution < -0.4 is 29.6 Å². The van der Waals surface area contributed by atoms with Gasteiger partial charge in [0.25, 0.3) is 0 Å². The van der Waals surface area contributed by atoms with E-state index in [9.17, 15) is 9.18 Å². The maximum Gasteiger partial charge on any atom is 1.00 e. The molecule has 0 radical (unpaired) electrons. The summed E-state index contributed by atoms with van der Waals surface area (Å²) in [6, 6.07) is 16.1. The molecule has 7 heteroatoms. The number of carbonyl (C=O) groups excluding carboxylic acids is 1. The summed E-state index contributed by atoms with van der Waals surface area (Å²) in [5, 5.41) is 8.56. The van der Waals surface area contributed by atoms with Crippen molar-refractivity contribution in [2.45, 2.75) is 35.1 Å². The second-order valence-corrected chi connectivity index (χ2v) is 8.81. The van der Waals surface area contributed by atoms with Crippen molar-refractivity contribution in [3.63, 3.8) is 0 Å². The molecule has 32 heavy (non-hydrogen) atoms. The van der Waals surface area contributed by atoms with E-state index < -0.39 is 0 Å². The molecule has 0 amide bonds. The van der Waals surface area contributed by atoms with E-state index in [4.69, 9.17) is 5.26 Å². The van der Waals surface area contributed by atoms with E-state index in [1.54, 1.807) is 48.4 Å². The fourth-order valence-corrected chi connectivity index (χ4v) is 5.02. The first-order valence-electron chi connectivity index (χ1n) is 10.2. The van der Waals surface area contributed by atoms with Crippen LogP contribution in [0, 0.1) is 23.2 Å². The summed E-state index contributed by atoms with van der Waals surface area (Å²) in [7, 11) is 0. The van der Waals surface area contributed by atoms with E-state index in [0.29, 0.717) is 11.6 Å². The van der Waals surface area contributed by atoms with E-state index in [-0.39, 0.29) is 35.4 Å². The zero-order valence-electron chi connectivity index (χ0n) is 17.9. The minimum atomic E-state index is -0.250. The van der Waals surface area contributed by atoms with Crippen LogP contribution in [0.15, 0.2) is 76.8 Å². The first kappa shape index (κ1) is 24.5. The number of fused-ring (bicyclic) bond motifs is 2. The van der Waals surface area contributed by atoms with Crippen molar-refractivity contribution in [1.82, 2.24) is 9.88 Å². The van der Waals surface area contributed by atoms with Crippen molar-refractivity contribution in [3.8, 4) is 17.3 Å². The maximum atomic E-state index is 13.0. The van der Waals surface area contributed by atoms with Crippen molar-refractivity contribution in [1.29, 1.82) is 5.26 Å². The summed E-state index contributed by atoms with van der Waals surface area (Å²) in [5.74, 6) is 0.606. The molecule has 1 saturated heterocycles. The van der Waals surface area contributed by atoms with Gasteiger partial charge in [0.2, 0.25) is 0 Å². The van der Waals surface area contributed by atoms with E-state index in [0.717, 1.165) is 33.4 Å². The van der Waals surface area contributed by atoms with Gasteiger partial charge in [-0.15, -0.1) is 12.1 Å². The predicted molar refractivity (Wildman–Crippen MR) is 118 cm³/mol. The Morgan fingerprint density at radius 3 is 2.41 bits per heavy atom. The van der Waals surface area contributed by atoms with Gasteiger partial charge >= 0.3 is 29.6 Å². The molecular weight excluding hydrogens is 432 g/mol. The van der Waals surface area contributed by atoms with Crippen molar-refractivity contribution in [3.05, 3.63) is 78.4 Å². The molecule has 5 rings (SSSR count). The number of likely N-dealkylation sites (tertiary alicyclic amines) is 1. The standard InChI is InChI=1S/C18H11FNOS.C7H10N2.Na/c19-15-5-7-16(8-6-15)22-18-9-10-20-11-17(18)14-3-1-13(12-21)2-4-14;8-5-9-4-6-1-2-7(9)3-6;/h1-11H;6-7H,1-4H2;/q-1;;+1. The molecule has 0 spiro atoms. The molecule has 2 atom stereocenters. The molecule has 0 N–H and O–H groups in total. The van der Waals surface area contributed by atoms with Gasteiger partial charge in [-0.2, -0.15) is 23.0 Å². The molecule has 1 aliphatic heterocycles. The minimum Gasteiger partial charge on any atom is -0.376 e. The van der Waals surface area contributed by atoms with Crippen LogP contribution >= 0.6 is 11.8 Å². The van der Waals surface area contributed by atoms with Gasteiger partial charge in [0.1, 0.15) is 5.82 Å². The summed E-state index contributed by atoms with van der Waals surface area (Å²) in [5.41, 5.74) is 2.45. The minimum absolute atomic E-state index is 0. The number of piperidine rings is 1. The number of nitrogens with zero attached hydrogens (tertiary/aromatic N) is 3. The fraction of sp³-hybridized carbons (Fsp3) is 0.240. The summed E-state index contributed by atoms with van der Waals surface area (Å²) in [6.45, 7) is 1.04. The Hall–Kier alpha value is -2.17. The monoisotopic (exact) mass is 453 g/mol. The van der Waals surface area contributed by atoms with Crippen LogP contribution in [0.4, 0.5) is 4.39 Å². The molecule has 1 aliphatic carbocycles. The largest absolute Gasteiger partial charge is 1.00 e. The van der Waals surface area contributed by atoms with Gasteiger partial charge in [0.15, 0.2) is 6.19 Å². The van der Waals surface area contributed by atoms with Gasteiger partial charge in [0.05, 0.1) is 6.29 Å². The molecule has 1 saturated carbocycles. The molecular formula is C25H21FN3NaOS. The normalized spacial score (nSPS) is 18.2. The zero-order valence-corrected chi connectivity index (χ0v) is 20.7. The van der Waals surface area contributed by atoms with Crippen molar-refractivity contribution < 1.29 is 38.7 Å². The number of hydrogen-bond donors (Lipinski definition) is 0. The van der Waals surface area contributed by atoms with Gasteiger partial charge in [0, 0.05) is 40.3 Å². The average molecular weight is 454 g/mol. The molecule has 2 heterocycles. The van der Waals surface area contributed by atoms with Gasteiger partial charge in [-0.25, -0.2) is 4.39 Å². The Morgan fingerprint density at radius 1 is 1.09 bits per heavy atom. The van der Waals surface area contributed by atoms with Crippen LogP contribution in [0.25, 0.3) is 11.1 Å². The molecule has 1 aromatic heterocycles. The molecule has 156 valence electrons. The Morgan fingerprint density at radius 2 is 1.84 bits per heavy atom. The molecule has 2 aliphatic rings. The van der Waals surface area contributed by atoms with E-state index in [2.05, 4.69) is 11.2 Å². The third-order valence-corrected chi connectivity index (χ3v) is 6.76. The summed E-state index contributed by atoms with van der Waals surface area (Å²) >= 11 is 1.54. The molecule has 3 aromatic rings. The van der Waals surface area contributed by atoms with Crippen LogP contribution in [-0.2, 0) is 4.79 Å². The first-order valence-corrected chi connectivity index (χ1v) is 11.0. The second kappa shape index (κ2) is 11.6. The van der Waals surface area contributed by atoms with Crippen molar-refractivity contribution in [2.24, 2.45) is 5.92 Å². The van der Waals surface area contributed by atoms with Crippen LogP contribution in [0.5, 0.6) is 0 Å². The number of hydrogen-bond acceptors (Lipinski definition) is 5. The van der Waals surface area contributed by atoms with Crippen LogP contribution in [0.2, 0.25) is 0 Å². The number of halogens is 1. The Kier molecular flexibility index (Phi) is 8.89. The number of aromatic nitrogens is 1. The van der Waals surface area contributed by atoms with Gasteiger partial charge < -0.3 is 9.69 Å². The van der Waals surface area contributed by atoms with Crippen molar-refractivity contribution >= 4 is 18.0 Å². The topological polar surface area (TPSA) is 57.0 Å². The third kappa shape index (κ3) is 5.99. The predicted octanol–water partition coefficient (Wildman–Crippen LogP) is 2.45. The van der Waals surface area contributed by atoms with Crippen LogP contribution in [0.3, 0.4) is 0 Å². The van der Waals surface area contributed by atoms with Crippen LogP contribution in [-0.4, -0.2) is 28.8 Å². The molecule has 2 bridgehead atoms. The van der Waals surface area contributed by atoms with E-state index >= 15 is 0 Å². The zero-order chi connectivity index (χ0) is 21.6. The van der Waals surface area contributed by atoms with E-state index in [1.165, 1.54) is 31.4 Å². The summed E-state index contributed by atoms with van der Waals surface area (Å²) in [6.07, 6.45) is 11.5. The van der Waals surface area contributed by atoms with Gasteiger partial charge in [-0.3, -0.25) is 4.98 Å². The average Bonchev–Trinajstić information content (AvgIpc) is 3.45. The second-order valence-electron chi connectivity index (χ2n) is 7.69. The molecule has 2 fully saturated rings. The number of rotatable bonds is 4. The molecule has 4 nitrogen and oxygen atoms in total. The fourth-order valence-electron chi connectivity index (χ4n) is 4.08. The van der Waals surface area contributed by atoms with Crippen LogP contribution in [0.1, 0.15) is 24.8 Å².